The first-order chi connectivity index (χ1) is 8.63. The molecule has 1 aliphatic heterocycles. The molecule has 1 heterocycles. The molecule has 0 saturated carbocycles. The van der Waals surface area contributed by atoms with Gasteiger partial charge < -0.3 is 10.6 Å². The smallest absolute Gasteiger partial charge is 0.234 e. The number of nitrogens with zero attached hydrogens (tertiary/aromatic N) is 1. The van der Waals surface area contributed by atoms with Crippen molar-refractivity contribution in [2.24, 2.45) is 0 Å². The molecule has 18 heavy (non-hydrogen) atoms. The van der Waals surface area contributed by atoms with Crippen LogP contribution in [0.5, 0.6) is 0 Å². The van der Waals surface area contributed by atoms with Crippen LogP contribution in [-0.2, 0) is 4.79 Å². The molecule has 0 aromatic heterocycles. The Bertz CT molecular complexity index is 245. The van der Waals surface area contributed by atoms with Crippen LogP contribution < -0.4 is 10.6 Å². The van der Waals surface area contributed by atoms with Crippen LogP contribution in [-0.4, -0.2) is 49.1 Å². The molecule has 0 aromatic rings. The van der Waals surface area contributed by atoms with E-state index in [1.807, 2.05) is 0 Å². The Morgan fingerprint density at radius 1 is 1.50 bits per heavy atom. The van der Waals surface area contributed by atoms with E-state index >= 15 is 0 Å². The minimum Gasteiger partial charge on any atom is -0.353 e. The number of amides is 1. The molecule has 0 bridgehead atoms. The molecule has 1 saturated heterocycles. The Hall–Kier alpha value is -0.610. The molecule has 2 unspecified atom stereocenters. The van der Waals surface area contributed by atoms with Crippen molar-refractivity contribution < 1.29 is 4.79 Å². The van der Waals surface area contributed by atoms with E-state index in [-0.39, 0.29) is 5.91 Å². The zero-order valence-corrected chi connectivity index (χ0v) is 12.2. The van der Waals surface area contributed by atoms with E-state index in [4.69, 9.17) is 0 Å². The van der Waals surface area contributed by atoms with Gasteiger partial charge >= 0.3 is 0 Å². The predicted molar refractivity (Wildman–Crippen MR) is 75.7 cm³/mol. The molecule has 106 valence electrons. The lowest BCUT2D eigenvalue weighted by Crippen LogP contribution is -2.53. The molecule has 4 nitrogen and oxygen atoms in total. The fourth-order valence-corrected chi connectivity index (χ4v) is 2.40. The second-order valence-electron chi connectivity index (χ2n) is 5.49. The van der Waals surface area contributed by atoms with Crippen LogP contribution in [0.15, 0.2) is 0 Å². The van der Waals surface area contributed by atoms with Gasteiger partial charge in [-0.3, -0.25) is 9.69 Å². The second kappa shape index (κ2) is 8.48. The van der Waals surface area contributed by atoms with Crippen molar-refractivity contribution >= 4 is 5.91 Å². The number of nitrogens with one attached hydrogen (secondary N) is 2. The highest BCUT2D eigenvalue weighted by Crippen LogP contribution is 2.04. The van der Waals surface area contributed by atoms with Gasteiger partial charge in [0.15, 0.2) is 0 Å². The highest BCUT2D eigenvalue weighted by Gasteiger charge is 2.20. The van der Waals surface area contributed by atoms with E-state index in [1.54, 1.807) is 0 Å². The molecule has 1 fully saturated rings. The van der Waals surface area contributed by atoms with Gasteiger partial charge in [0.1, 0.15) is 0 Å². The number of hydrogen-bond acceptors (Lipinski definition) is 3. The summed E-state index contributed by atoms with van der Waals surface area (Å²) in [6.45, 7) is 9.97. The molecule has 1 amide bonds. The van der Waals surface area contributed by atoms with Crippen LogP contribution in [0.4, 0.5) is 0 Å². The Labute approximate surface area is 111 Å². The van der Waals surface area contributed by atoms with Crippen LogP contribution >= 0.6 is 0 Å². The Kier molecular flexibility index (Phi) is 7.28. The van der Waals surface area contributed by atoms with E-state index in [9.17, 15) is 4.79 Å². The molecular weight excluding hydrogens is 226 g/mol. The Balaban J connectivity index is 2.19. The standard InChI is InChI=1S/C14H29N3O/c1-4-5-6-7-12(2)16-14(18)11-17-9-8-15-10-13(17)3/h12-13,15H,4-11H2,1-3H3,(H,16,18). The number of rotatable bonds is 7. The van der Waals surface area contributed by atoms with Crippen molar-refractivity contribution in [1.82, 2.24) is 15.5 Å². The molecule has 0 radical (unpaired) electrons. The lowest BCUT2D eigenvalue weighted by Gasteiger charge is -2.33. The average Bonchev–Trinajstić information content (AvgIpc) is 2.32. The normalized spacial score (nSPS) is 22.7. The van der Waals surface area contributed by atoms with Gasteiger partial charge in [-0.05, 0) is 20.3 Å². The van der Waals surface area contributed by atoms with Gasteiger partial charge in [0.2, 0.25) is 5.91 Å². The highest BCUT2D eigenvalue weighted by molar-refractivity contribution is 5.78. The number of carbonyl (C=O) groups excluding carboxylic acids is 1. The molecule has 2 N–H and O–H groups in total. The molecule has 0 spiro atoms. The molecular formula is C14H29N3O. The molecule has 4 heteroatoms. The highest BCUT2D eigenvalue weighted by atomic mass is 16.2. The topological polar surface area (TPSA) is 44.4 Å². The van der Waals surface area contributed by atoms with Gasteiger partial charge in [-0.1, -0.05) is 26.2 Å². The van der Waals surface area contributed by atoms with Gasteiger partial charge in [-0.25, -0.2) is 0 Å². The van der Waals surface area contributed by atoms with Crippen LogP contribution in [0.25, 0.3) is 0 Å². The molecule has 1 aliphatic rings. The summed E-state index contributed by atoms with van der Waals surface area (Å²) >= 11 is 0. The Morgan fingerprint density at radius 3 is 2.94 bits per heavy atom. The van der Waals surface area contributed by atoms with Gasteiger partial charge in [-0.2, -0.15) is 0 Å². The maximum Gasteiger partial charge on any atom is 0.234 e. The summed E-state index contributed by atoms with van der Waals surface area (Å²) in [7, 11) is 0. The lowest BCUT2D eigenvalue weighted by atomic mass is 10.1. The van der Waals surface area contributed by atoms with E-state index in [0.29, 0.717) is 18.6 Å². The van der Waals surface area contributed by atoms with Crippen molar-refractivity contribution in [1.29, 1.82) is 0 Å². The van der Waals surface area contributed by atoms with Crippen molar-refractivity contribution in [2.45, 2.75) is 58.5 Å². The van der Waals surface area contributed by atoms with Crippen LogP contribution in [0.2, 0.25) is 0 Å². The average molecular weight is 255 g/mol. The lowest BCUT2D eigenvalue weighted by molar-refractivity contribution is -0.123. The predicted octanol–water partition coefficient (Wildman–Crippen LogP) is 1.37. The quantitative estimate of drug-likeness (QED) is 0.675. The molecule has 2 atom stereocenters. The molecule has 1 rings (SSSR count). The van der Waals surface area contributed by atoms with Crippen molar-refractivity contribution in [3.63, 3.8) is 0 Å². The fourth-order valence-electron chi connectivity index (χ4n) is 2.40. The SMILES string of the molecule is CCCCCC(C)NC(=O)CN1CCNCC1C. The third-order valence-corrected chi connectivity index (χ3v) is 3.63. The summed E-state index contributed by atoms with van der Waals surface area (Å²) in [6, 6.07) is 0.766. The van der Waals surface area contributed by atoms with E-state index in [1.165, 1.54) is 19.3 Å². The summed E-state index contributed by atoms with van der Waals surface area (Å²) in [4.78, 5) is 14.2. The van der Waals surface area contributed by atoms with E-state index in [2.05, 4.69) is 36.3 Å². The van der Waals surface area contributed by atoms with E-state index < -0.39 is 0 Å². The number of piperazine rings is 1. The van der Waals surface area contributed by atoms with Crippen molar-refractivity contribution in [3.8, 4) is 0 Å². The van der Waals surface area contributed by atoms with Crippen LogP contribution in [0.1, 0.15) is 46.5 Å². The largest absolute Gasteiger partial charge is 0.353 e. The minimum atomic E-state index is 0.174. The van der Waals surface area contributed by atoms with Gasteiger partial charge in [0, 0.05) is 31.7 Å². The first-order valence-electron chi connectivity index (χ1n) is 7.37. The monoisotopic (exact) mass is 255 g/mol. The third kappa shape index (κ3) is 5.83. The summed E-state index contributed by atoms with van der Waals surface area (Å²) in [6.07, 6.45) is 4.80. The number of unbranched alkanes of at least 4 members (excludes halogenated alkanes) is 2. The van der Waals surface area contributed by atoms with Gasteiger partial charge in [-0.15, -0.1) is 0 Å². The van der Waals surface area contributed by atoms with Crippen LogP contribution in [0.3, 0.4) is 0 Å². The van der Waals surface area contributed by atoms with E-state index in [0.717, 1.165) is 26.1 Å². The zero-order chi connectivity index (χ0) is 13.4. The first-order valence-corrected chi connectivity index (χ1v) is 7.37. The minimum absolute atomic E-state index is 0.174. The first kappa shape index (κ1) is 15.4. The summed E-state index contributed by atoms with van der Waals surface area (Å²) < 4.78 is 0. The summed E-state index contributed by atoms with van der Waals surface area (Å²) in [5.41, 5.74) is 0. The third-order valence-electron chi connectivity index (χ3n) is 3.63. The summed E-state index contributed by atoms with van der Waals surface area (Å²) in [5, 5.41) is 6.45. The number of carbonyl (C=O) groups is 1. The maximum atomic E-state index is 11.9. The van der Waals surface area contributed by atoms with Crippen molar-refractivity contribution in [2.75, 3.05) is 26.2 Å². The summed E-state index contributed by atoms with van der Waals surface area (Å²) in [5.74, 6) is 0.174. The molecule has 0 aliphatic carbocycles. The van der Waals surface area contributed by atoms with Gasteiger partial charge in [0.05, 0.1) is 6.54 Å². The van der Waals surface area contributed by atoms with Crippen molar-refractivity contribution in [3.05, 3.63) is 0 Å². The maximum absolute atomic E-state index is 11.9. The second-order valence-corrected chi connectivity index (χ2v) is 5.49. The van der Waals surface area contributed by atoms with Crippen LogP contribution in [0, 0.1) is 0 Å². The zero-order valence-electron chi connectivity index (χ0n) is 12.2. The fraction of sp³-hybridized carbons (Fsp3) is 0.929. The Morgan fingerprint density at radius 2 is 2.28 bits per heavy atom. The molecule has 0 aromatic carbocycles. The number of hydrogen-bond donors (Lipinski definition) is 2. The van der Waals surface area contributed by atoms with Gasteiger partial charge in [0.25, 0.3) is 0 Å².